The van der Waals surface area contributed by atoms with E-state index in [0.717, 1.165) is 36.5 Å². The first kappa shape index (κ1) is 14.5. The molecule has 0 spiro atoms. The van der Waals surface area contributed by atoms with Crippen molar-refractivity contribution in [3.63, 3.8) is 0 Å². The molecular weight excluding hydrogens is 264 g/mol. The molecule has 114 valence electrons. The Hall–Kier alpha value is -1.43. The van der Waals surface area contributed by atoms with Crippen molar-refractivity contribution in [2.24, 2.45) is 7.05 Å². The Morgan fingerprint density at radius 1 is 1.24 bits per heavy atom. The van der Waals surface area contributed by atoms with Crippen LogP contribution in [0.1, 0.15) is 5.82 Å². The highest BCUT2D eigenvalue weighted by Crippen LogP contribution is 2.18. The van der Waals surface area contributed by atoms with Crippen LogP contribution in [0.3, 0.4) is 0 Å². The number of piperazine rings is 1. The molecule has 5 heteroatoms. The maximum Gasteiger partial charge on any atom is 0.112 e. The van der Waals surface area contributed by atoms with Crippen molar-refractivity contribution in [2.75, 3.05) is 33.7 Å². The maximum absolute atomic E-state index is 10.6. The monoisotopic (exact) mass is 288 g/mol. The lowest BCUT2D eigenvalue weighted by atomic mass is 10.0. The molecule has 1 aliphatic rings. The first-order chi connectivity index (χ1) is 10.1. The van der Waals surface area contributed by atoms with Gasteiger partial charge in [0.15, 0.2) is 0 Å². The molecule has 2 unspecified atom stereocenters. The number of aromatic nitrogens is 2. The first-order valence-corrected chi connectivity index (χ1v) is 7.53. The number of para-hydroxylation sites is 2. The molecule has 2 heterocycles. The minimum Gasteiger partial charge on any atom is -0.391 e. The van der Waals surface area contributed by atoms with E-state index in [2.05, 4.69) is 39.5 Å². The standard InChI is InChI=1S/C16H24N4O/c1-18-8-9-19(2)14(11-18)15(21)10-16-17-12-6-4-5-7-13(12)20(16)3/h4-7,14-15,21H,8-11H2,1-3H3. The minimum absolute atomic E-state index is 0.170. The SMILES string of the molecule is CN1CCN(C)C(C(O)Cc2nc3ccccc3n2C)C1. The summed E-state index contributed by atoms with van der Waals surface area (Å²) in [5.41, 5.74) is 2.12. The molecule has 2 atom stereocenters. The molecule has 0 radical (unpaired) electrons. The second kappa shape index (κ2) is 5.75. The van der Waals surface area contributed by atoms with Crippen LogP contribution in [-0.4, -0.2) is 70.3 Å². The van der Waals surface area contributed by atoms with Crippen LogP contribution >= 0.6 is 0 Å². The van der Waals surface area contributed by atoms with E-state index in [4.69, 9.17) is 0 Å². The Balaban J connectivity index is 1.79. The molecule has 1 aromatic carbocycles. The van der Waals surface area contributed by atoms with Crippen LogP contribution < -0.4 is 0 Å². The molecular formula is C16H24N4O. The zero-order chi connectivity index (χ0) is 15.0. The third-order valence-corrected chi connectivity index (χ3v) is 4.61. The van der Waals surface area contributed by atoms with E-state index in [9.17, 15) is 5.11 Å². The average molecular weight is 288 g/mol. The fourth-order valence-corrected chi connectivity index (χ4v) is 3.16. The summed E-state index contributed by atoms with van der Waals surface area (Å²) >= 11 is 0. The quantitative estimate of drug-likeness (QED) is 0.904. The fourth-order valence-electron chi connectivity index (χ4n) is 3.16. The second-order valence-electron chi connectivity index (χ2n) is 6.16. The van der Waals surface area contributed by atoms with Crippen molar-refractivity contribution in [1.82, 2.24) is 19.4 Å². The van der Waals surface area contributed by atoms with Crippen LogP contribution in [0.25, 0.3) is 11.0 Å². The number of fused-ring (bicyclic) bond motifs is 1. The van der Waals surface area contributed by atoms with Crippen molar-refractivity contribution in [2.45, 2.75) is 18.6 Å². The van der Waals surface area contributed by atoms with E-state index in [1.807, 2.05) is 25.2 Å². The van der Waals surface area contributed by atoms with Gasteiger partial charge >= 0.3 is 0 Å². The van der Waals surface area contributed by atoms with E-state index < -0.39 is 6.10 Å². The Kier molecular flexibility index (Phi) is 3.97. The van der Waals surface area contributed by atoms with E-state index in [0.29, 0.717) is 6.42 Å². The lowest BCUT2D eigenvalue weighted by Crippen LogP contribution is -2.55. The number of rotatable bonds is 3. The average Bonchev–Trinajstić information content (AvgIpc) is 2.78. The molecule has 1 aromatic heterocycles. The Morgan fingerprint density at radius 3 is 2.76 bits per heavy atom. The number of aliphatic hydroxyl groups excluding tert-OH is 1. The van der Waals surface area contributed by atoms with Gasteiger partial charge in [-0.15, -0.1) is 0 Å². The van der Waals surface area contributed by atoms with Gasteiger partial charge in [0.2, 0.25) is 0 Å². The van der Waals surface area contributed by atoms with Gasteiger partial charge in [0.1, 0.15) is 5.82 Å². The predicted molar refractivity (Wildman–Crippen MR) is 84.3 cm³/mol. The second-order valence-corrected chi connectivity index (χ2v) is 6.16. The third kappa shape index (κ3) is 2.81. The highest BCUT2D eigenvalue weighted by Gasteiger charge is 2.29. The molecule has 1 N–H and O–H groups in total. The summed E-state index contributed by atoms with van der Waals surface area (Å²) in [5, 5.41) is 10.6. The maximum atomic E-state index is 10.6. The van der Waals surface area contributed by atoms with Crippen LogP contribution in [0.4, 0.5) is 0 Å². The summed E-state index contributed by atoms with van der Waals surface area (Å²) in [7, 11) is 6.23. The van der Waals surface area contributed by atoms with Crippen molar-refractivity contribution >= 4 is 11.0 Å². The van der Waals surface area contributed by atoms with Gasteiger partial charge in [-0.05, 0) is 26.2 Å². The van der Waals surface area contributed by atoms with Gasteiger partial charge in [-0.2, -0.15) is 0 Å². The molecule has 21 heavy (non-hydrogen) atoms. The van der Waals surface area contributed by atoms with Gasteiger partial charge in [0.05, 0.1) is 17.1 Å². The predicted octanol–water partition coefficient (Wildman–Crippen LogP) is 0.722. The highest BCUT2D eigenvalue weighted by molar-refractivity contribution is 5.75. The van der Waals surface area contributed by atoms with Crippen molar-refractivity contribution in [3.8, 4) is 0 Å². The van der Waals surface area contributed by atoms with Crippen LogP contribution in [0.2, 0.25) is 0 Å². The number of likely N-dealkylation sites (N-methyl/N-ethyl adjacent to an activating group) is 2. The van der Waals surface area contributed by atoms with Gasteiger partial charge < -0.3 is 14.6 Å². The van der Waals surface area contributed by atoms with Gasteiger partial charge in [0, 0.05) is 39.1 Å². The Morgan fingerprint density at radius 2 is 2.00 bits per heavy atom. The molecule has 0 saturated carbocycles. The zero-order valence-corrected chi connectivity index (χ0v) is 13.0. The summed E-state index contributed by atoms with van der Waals surface area (Å²) in [6.07, 6.45) is 0.196. The molecule has 5 nitrogen and oxygen atoms in total. The Labute approximate surface area is 125 Å². The van der Waals surface area contributed by atoms with Crippen LogP contribution in [-0.2, 0) is 13.5 Å². The number of imidazole rings is 1. The number of aliphatic hydroxyl groups is 1. The van der Waals surface area contributed by atoms with Crippen LogP contribution in [0.15, 0.2) is 24.3 Å². The lowest BCUT2D eigenvalue weighted by Gasteiger charge is -2.40. The molecule has 0 amide bonds. The van der Waals surface area contributed by atoms with Gasteiger partial charge in [0.25, 0.3) is 0 Å². The van der Waals surface area contributed by atoms with Crippen molar-refractivity contribution in [1.29, 1.82) is 0 Å². The van der Waals surface area contributed by atoms with Gasteiger partial charge in [-0.25, -0.2) is 4.98 Å². The summed E-state index contributed by atoms with van der Waals surface area (Å²) in [5.74, 6) is 0.949. The number of hydrogen-bond donors (Lipinski definition) is 1. The molecule has 2 aromatic rings. The largest absolute Gasteiger partial charge is 0.391 e. The molecule has 0 aliphatic carbocycles. The molecule has 1 saturated heterocycles. The number of benzene rings is 1. The fraction of sp³-hybridized carbons (Fsp3) is 0.562. The molecule has 0 bridgehead atoms. The Bertz CT molecular complexity index is 624. The van der Waals surface area contributed by atoms with Crippen LogP contribution in [0, 0.1) is 0 Å². The third-order valence-electron chi connectivity index (χ3n) is 4.61. The molecule has 3 rings (SSSR count). The number of nitrogens with zero attached hydrogens (tertiary/aromatic N) is 4. The smallest absolute Gasteiger partial charge is 0.112 e. The highest BCUT2D eigenvalue weighted by atomic mass is 16.3. The van der Waals surface area contributed by atoms with E-state index >= 15 is 0 Å². The molecule has 1 fully saturated rings. The number of hydrogen-bond acceptors (Lipinski definition) is 4. The summed E-state index contributed by atoms with van der Waals surface area (Å²) in [6, 6.07) is 8.28. The van der Waals surface area contributed by atoms with E-state index in [1.54, 1.807) is 0 Å². The van der Waals surface area contributed by atoms with E-state index in [1.165, 1.54) is 0 Å². The topological polar surface area (TPSA) is 44.5 Å². The normalized spacial score (nSPS) is 22.8. The number of aryl methyl sites for hydroxylation is 1. The van der Waals surface area contributed by atoms with Gasteiger partial charge in [-0.1, -0.05) is 12.1 Å². The zero-order valence-electron chi connectivity index (χ0n) is 13.0. The summed E-state index contributed by atoms with van der Waals surface area (Å²) in [6.45, 7) is 2.97. The lowest BCUT2D eigenvalue weighted by molar-refractivity contribution is 0.0141. The summed E-state index contributed by atoms with van der Waals surface area (Å²) in [4.78, 5) is 9.20. The van der Waals surface area contributed by atoms with Crippen LogP contribution in [0.5, 0.6) is 0 Å². The van der Waals surface area contributed by atoms with E-state index in [-0.39, 0.29) is 6.04 Å². The van der Waals surface area contributed by atoms with Gasteiger partial charge in [-0.3, -0.25) is 4.90 Å². The van der Waals surface area contributed by atoms with Crippen molar-refractivity contribution in [3.05, 3.63) is 30.1 Å². The first-order valence-electron chi connectivity index (χ1n) is 7.53. The van der Waals surface area contributed by atoms with Crippen molar-refractivity contribution < 1.29 is 5.11 Å². The minimum atomic E-state index is -0.395. The summed E-state index contributed by atoms with van der Waals surface area (Å²) < 4.78 is 2.09. The molecule has 1 aliphatic heterocycles.